The van der Waals surface area contributed by atoms with Crippen molar-refractivity contribution in [3.05, 3.63) is 29.8 Å². The van der Waals surface area contributed by atoms with E-state index in [1.54, 1.807) is 24.3 Å². The highest BCUT2D eigenvalue weighted by molar-refractivity contribution is 7.92. The smallest absolute Gasteiger partial charge is 0.184 e. The second-order valence-corrected chi connectivity index (χ2v) is 7.48. The number of rotatable bonds is 2. The minimum Gasteiger partial charge on any atom is -0.223 e. The predicted octanol–water partition coefficient (Wildman–Crippen LogP) is 2.71. The molecule has 1 saturated carbocycles. The van der Waals surface area contributed by atoms with Gasteiger partial charge in [0, 0.05) is 6.42 Å². The Morgan fingerprint density at radius 2 is 1.73 bits per heavy atom. The largest absolute Gasteiger partial charge is 0.223 e. The van der Waals surface area contributed by atoms with Crippen LogP contribution < -0.4 is 0 Å². The van der Waals surface area contributed by atoms with Crippen molar-refractivity contribution in [2.75, 3.05) is 0 Å². The molecule has 0 aliphatic heterocycles. The van der Waals surface area contributed by atoms with Crippen LogP contribution in [-0.4, -0.2) is 18.0 Å². The number of alkyl halides is 2. The van der Waals surface area contributed by atoms with E-state index in [2.05, 4.69) is 0 Å². The Labute approximate surface area is 99.1 Å². The molecule has 1 aromatic rings. The molecule has 0 spiro atoms. The molecule has 1 aliphatic rings. The molecule has 0 aromatic heterocycles. The third-order valence-corrected chi connectivity index (χ3v) is 5.83. The van der Waals surface area contributed by atoms with Crippen LogP contribution in [0.2, 0.25) is 0 Å². The lowest BCUT2D eigenvalue weighted by Gasteiger charge is -2.04. The minimum absolute atomic E-state index is 0.293. The van der Waals surface area contributed by atoms with E-state index in [1.807, 2.05) is 6.92 Å². The fourth-order valence-corrected chi connectivity index (χ4v) is 4.39. The number of aryl methyl sites for hydroxylation is 1. The van der Waals surface area contributed by atoms with Crippen LogP contribution in [0.15, 0.2) is 29.2 Å². The Kier molecular flexibility index (Phi) is 2.53. The number of sulfone groups is 1. The molecule has 0 N–H and O–H groups in total. The van der Waals surface area contributed by atoms with Crippen molar-refractivity contribution in [1.82, 2.24) is 0 Å². The summed E-state index contributed by atoms with van der Waals surface area (Å²) < 4.78 is 22.8. The quantitative estimate of drug-likeness (QED) is 0.770. The van der Waals surface area contributed by atoms with Gasteiger partial charge in [-0.15, -0.1) is 23.2 Å². The molecule has 1 atom stereocenters. The average Bonchev–Trinajstić information content (AvgIpc) is 2.77. The highest BCUT2D eigenvalue weighted by Crippen LogP contribution is 2.53. The van der Waals surface area contributed by atoms with Crippen molar-refractivity contribution in [3.63, 3.8) is 0 Å². The van der Waals surface area contributed by atoms with Gasteiger partial charge in [0.05, 0.1) is 4.90 Å². The second kappa shape index (κ2) is 3.37. The molecule has 1 unspecified atom stereocenters. The van der Waals surface area contributed by atoms with E-state index in [1.165, 1.54) is 0 Å². The van der Waals surface area contributed by atoms with Crippen molar-refractivity contribution in [1.29, 1.82) is 0 Å². The zero-order valence-corrected chi connectivity index (χ0v) is 10.4. The van der Waals surface area contributed by atoms with Crippen LogP contribution >= 0.6 is 23.2 Å². The Balaban J connectivity index is 2.36. The summed E-state index contributed by atoms with van der Waals surface area (Å²) in [6.07, 6.45) is 0.312. The first-order valence-electron chi connectivity index (χ1n) is 4.52. The Bertz CT molecular complexity index is 477. The van der Waals surface area contributed by atoms with Gasteiger partial charge in [-0.1, -0.05) is 17.7 Å². The fourth-order valence-electron chi connectivity index (χ4n) is 1.42. The third kappa shape index (κ3) is 2.01. The van der Waals surface area contributed by atoms with Crippen molar-refractivity contribution in [2.45, 2.75) is 27.8 Å². The molecular formula is C10H10Cl2O2S. The lowest BCUT2D eigenvalue weighted by Crippen LogP contribution is -2.12. The average molecular weight is 265 g/mol. The monoisotopic (exact) mass is 264 g/mol. The topological polar surface area (TPSA) is 34.1 Å². The summed E-state index contributed by atoms with van der Waals surface area (Å²) in [6.45, 7) is 1.90. The molecule has 0 amide bonds. The SMILES string of the molecule is Cc1ccc(S(=O)(=O)C2CC2(Cl)Cl)cc1. The molecule has 2 rings (SSSR count). The first-order valence-corrected chi connectivity index (χ1v) is 6.83. The van der Waals surface area contributed by atoms with Crippen LogP contribution in [0.25, 0.3) is 0 Å². The summed E-state index contributed by atoms with van der Waals surface area (Å²) in [4.78, 5) is 0.293. The Hall–Kier alpha value is -0.250. The van der Waals surface area contributed by atoms with Gasteiger partial charge in [-0.05, 0) is 19.1 Å². The second-order valence-electron chi connectivity index (χ2n) is 3.81. The third-order valence-electron chi connectivity index (χ3n) is 2.49. The Morgan fingerprint density at radius 3 is 2.13 bits per heavy atom. The molecule has 0 heterocycles. The highest BCUT2D eigenvalue weighted by atomic mass is 35.5. The highest BCUT2D eigenvalue weighted by Gasteiger charge is 2.59. The molecule has 82 valence electrons. The van der Waals surface area contributed by atoms with E-state index in [0.29, 0.717) is 11.3 Å². The molecule has 2 nitrogen and oxygen atoms in total. The maximum Gasteiger partial charge on any atom is 0.184 e. The van der Waals surface area contributed by atoms with Gasteiger partial charge in [0.15, 0.2) is 9.84 Å². The molecule has 0 saturated heterocycles. The Morgan fingerprint density at radius 1 is 1.27 bits per heavy atom. The van der Waals surface area contributed by atoms with Crippen LogP contribution in [0.1, 0.15) is 12.0 Å². The van der Waals surface area contributed by atoms with Crippen LogP contribution in [0.5, 0.6) is 0 Å². The molecule has 0 radical (unpaired) electrons. The molecular weight excluding hydrogens is 255 g/mol. The number of hydrogen-bond acceptors (Lipinski definition) is 2. The van der Waals surface area contributed by atoms with E-state index in [4.69, 9.17) is 23.2 Å². The van der Waals surface area contributed by atoms with Gasteiger partial charge < -0.3 is 0 Å². The molecule has 15 heavy (non-hydrogen) atoms. The summed E-state index contributed by atoms with van der Waals surface area (Å²) in [7, 11) is -3.35. The van der Waals surface area contributed by atoms with Crippen molar-refractivity contribution in [3.8, 4) is 0 Å². The number of hydrogen-bond donors (Lipinski definition) is 0. The first kappa shape index (κ1) is 11.2. The maximum atomic E-state index is 12.0. The zero-order valence-electron chi connectivity index (χ0n) is 8.07. The van der Waals surface area contributed by atoms with E-state index >= 15 is 0 Å². The molecule has 0 bridgehead atoms. The van der Waals surface area contributed by atoms with Crippen molar-refractivity contribution in [2.24, 2.45) is 0 Å². The van der Waals surface area contributed by atoms with Crippen molar-refractivity contribution < 1.29 is 8.42 Å². The first-order chi connectivity index (χ1) is 6.84. The zero-order chi connectivity index (χ0) is 11.3. The van der Waals surface area contributed by atoms with Crippen LogP contribution in [-0.2, 0) is 9.84 Å². The van der Waals surface area contributed by atoms with Gasteiger partial charge in [-0.25, -0.2) is 8.42 Å². The molecule has 1 aromatic carbocycles. The van der Waals surface area contributed by atoms with Crippen LogP contribution in [0, 0.1) is 6.92 Å². The van der Waals surface area contributed by atoms with Crippen LogP contribution in [0.4, 0.5) is 0 Å². The standard InChI is InChI=1S/C10H10Cl2O2S/c1-7-2-4-8(5-3-7)15(13,14)9-6-10(9,11)12/h2-5,9H,6H2,1H3. The van der Waals surface area contributed by atoms with E-state index < -0.39 is 19.4 Å². The number of halogens is 2. The van der Waals surface area contributed by atoms with Gasteiger partial charge in [0.2, 0.25) is 0 Å². The van der Waals surface area contributed by atoms with E-state index in [9.17, 15) is 8.42 Å². The summed E-state index contributed by atoms with van der Waals surface area (Å²) in [5.41, 5.74) is 1.02. The maximum absolute atomic E-state index is 12.0. The molecule has 5 heteroatoms. The van der Waals surface area contributed by atoms with E-state index in [-0.39, 0.29) is 0 Å². The van der Waals surface area contributed by atoms with Gasteiger partial charge in [0.1, 0.15) is 9.58 Å². The van der Waals surface area contributed by atoms with Crippen LogP contribution in [0.3, 0.4) is 0 Å². The summed E-state index contributed by atoms with van der Waals surface area (Å²) in [5, 5.41) is -0.656. The van der Waals surface area contributed by atoms with Crippen molar-refractivity contribution >= 4 is 33.0 Å². The lowest BCUT2D eigenvalue weighted by molar-refractivity contribution is 0.594. The summed E-state index contributed by atoms with van der Waals surface area (Å²) in [5.74, 6) is 0. The van der Waals surface area contributed by atoms with Gasteiger partial charge in [-0.2, -0.15) is 0 Å². The van der Waals surface area contributed by atoms with Gasteiger partial charge in [0.25, 0.3) is 0 Å². The lowest BCUT2D eigenvalue weighted by atomic mass is 10.2. The summed E-state index contributed by atoms with van der Waals surface area (Å²) >= 11 is 11.5. The summed E-state index contributed by atoms with van der Waals surface area (Å²) in [6, 6.07) is 6.71. The molecule has 1 fully saturated rings. The van der Waals surface area contributed by atoms with Gasteiger partial charge in [-0.3, -0.25) is 0 Å². The fraction of sp³-hybridized carbons (Fsp3) is 0.400. The minimum atomic E-state index is -3.35. The van der Waals surface area contributed by atoms with E-state index in [0.717, 1.165) is 5.56 Å². The van der Waals surface area contributed by atoms with Gasteiger partial charge >= 0.3 is 0 Å². The number of benzene rings is 1. The molecule has 1 aliphatic carbocycles. The predicted molar refractivity (Wildman–Crippen MR) is 61.2 cm³/mol. The normalized spacial score (nSPS) is 23.8.